The minimum absolute atomic E-state index is 0.0760. The Hall–Kier alpha value is -1.23. The van der Waals surface area contributed by atoms with Crippen molar-refractivity contribution < 1.29 is 9.90 Å². The molecular weight excluding hydrogens is 426 g/mol. The van der Waals surface area contributed by atoms with Crippen molar-refractivity contribution in [3.8, 4) is 10.6 Å². The van der Waals surface area contributed by atoms with Crippen LogP contribution in [0.4, 0.5) is 0 Å². The van der Waals surface area contributed by atoms with Crippen LogP contribution < -0.4 is 0 Å². The molecule has 5 heteroatoms. The topological polar surface area (TPSA) is 50.2 Å². The van der Waals surface area contributed by atoms with Crippen molar-refractivity contribution in [2.45, 2.75) is 70.8 Å². The van der Waals surface area contributed by atoms with Crippen molar-refractivity contribution in [1.82, 2.24) is 4.98 Å². The molecule has 3 fully saturated rings. The summed E-state index contributed by atoms with van der Waals surface area (Å²) in [6.45, 7) is 4.64. The Morgan fingerprint density at radius 1 is 1.13 bits per heavy atom. The summed E-state index contributed by atoms with van der Waals surface area (Å²) >= 11 is 8.21. The number of carbonyl (C=O) groups is 1. The molecule has 0 bridgehead atoms. The van der Waals surface area contributed by atoms with E-state index in [2.05, 4.69) is 13.8 Å². The van der Waals surface area contributed by atoms with Crippen LogP contribution in [0, 0.1) is 28.6 Å². The van der Waals surface area contributed by atoms with Crippen molar-refractivity contribution in [3.63, 3.8) is 0 Å². The van der Waals surface area contributed by atoms with Crippen molar-refractivity contribution in [3.05, 3.63) is 39.9 Å². The fourth-order valence-corrected chi connectivity index (χ4v) is 9.78. The molecular formula is C26H30ClNO2S. The molecule has 3 saturated carbocycles. The number of aliphatic hydroxyl groups excluding tert-OH is 1. The highest BCUT2D eigenvalue weighted by Crippen LogP contribution is 2.67. The SMILES string of the molecule is C[C@]12CCc3nc(-c4ccccc4Cl)sc3[C@@H]1[C@@H](O)C[C@@H]1[C@@H]2CC[C@]2(C)C(=O)CC[C@@H]12. The van der Waals surface area contributed by atoms with Crippen LogP contribution >= 0.6 is 22.9 Å². The lowest BCUT2D eigenvalue weighted by Gasteiger charge is -2.60. The molecule has 0 radical (unpaired) electrons. The molecule has 6 rings (SSSR count). The summed E-state index contributed by atoms with van der Waals surface area (Å²) in [4.78, 5) is 19.0. The molecule has 7 atom stereocenters. The standard InChI is InChI=1S/C26H30ClNO2S/c1-25-11-9-17-15(16(25)7-8-21(25)30)13-20(29)22-23-19(10-12-26(17,22)2)28-24(31-23)14-5-3-4-6-18(14)27/h3-6,15-17,20,22,29H,7-13H2,1-2H3/t15-,16-,17-,20-,22-,25-,26+/m0/s1. The number of aliphatic hydroxyl groups is 1. The van der Waals surface area contributed by atoms with Gasteiger partial charge in [-0.1, -0.05) is 43.6 Å². The monoisotopic (exact) mass is 455 g/mol. The largest absolute Gasteiger partial charge is 0.392 e. The first-order valence-corrected chi connectivity index (χ1v) is 13.0. The zero-order chi connectivity index (χ0) is 21.5. The number of fused-ring (bicyclic) bond motifs is 7. The fourth-order valence-electron chi connectivity index (χ4n) is 8.03. The van der Waals surface area contributed by atoms with Crippen LogP contribution in [0.2, 0.25) is 5.02 Å². The van der Waals surface area contributed by atoms with Gasteiger partial charge in [0, 0.05) is 28.2 Å². The van der Waals surface area contributed by atoms with Gasteiger partial charge in [0.15, 0.2) is 0 Å². The molecule has 1 aromatic carbocycles. The van der Waals surface area contributed by atoms with Gasteiger partial charge in [-0.2, -0.15) is 0 Å². The highest BCUT2D eigenvalue weighted by molar-refractivity contribution is 7.15. The van der Waals surface area contributed by atoms with Crippen LogP contribution in [0.5, 0.6) is 0 Å². The molecule has 4 aliphatic carbocycles. The second-order valence-electron chi connectivity index (χ2n) is 10.9. The number of thiazole rings is 1. The Kier molecular flexibility index (Phi) is 4.53. The zero-order valence-electron chi connectivity index (χ0n) is 18.2. The predicted molar refractivity (Wildman–Crippen MR) is 124 cm³/mol. The maximum atomic E-state index is 12.7. The second kappa shape index (κ2) is 6.88. The van der Waals surface area contributed by atoms with Gasteiger partial charge in [-0.3, -0.25) is 4.79 Å². The smallest absolute Gasteiger partial charge is 0.139 e. The number of ketones is 1. The minimum Gasteiger partial charge on any atom is -0.392 e. The predicted octanol–water partition coefficient (Wildman–Crippen LogP) is 6.28. The van der Waals surface area contributed by atoms with Gasteiger partial charge in [-0.25, -0.2) is 4.98 Å². The maximum absolute atomic E-state index is 12.7. The van der Waals surface area contributed by atoms with Gasteiger partial charge >= 0.3 is 0 Å². The van der Waals surface area contributed by atoms with Crippen LogP contribution in [-0.4, -0.2) is 22.0 Å². The lowest BCUT2D eigenvalue weighted by atomic mass is 9.45. The molecule has 164 valence electrons. The molecule has 1 heterocycles. The first kappa shape index (κ1) is 20.4. The number of rotatable bonds is 1. The number of aryl methyl sites for hydroxylation is 1. The Labute approximate surface area is 193 Å². The lowest BCUT2D eigenvalue weighted by molar-refractivity contribution is -0.142. The number of benzene rings is 1. The van der Waals surface area contributed by atoms with Crippen molar-refractivity contribution in [2.24, 2.45) is 28.6 Å². The van der Waals surface area contributed by atoms with Gasteiger partial charge in [0.25, 0.3) is 0 Å². The molecule has 0 unspecified atom stereocenters. The molecule has 4 aliphatic rings. The third-order valence-electron chi connectivity index (χ3n) is 9.62. The highest BCUT2D eigenvalue weighted by Gasteiger charge is 2.62. The van der Waals surface area contributed by atoms with Gasteiger partial charge in [-0.15, -0.1) is 11.3 Å². The van der Waals surface area contributed by atoms with E-state index in [0.717, 1.165) is 66.2 Å². The summed E-state index contributed by atoms with van der Waals surface area (Å²) in [7, 11) is 0. The number of carbonyl (C=O) groups excluding carboxylic acids is 1. The number of Topliss-reactive ketones (excluding diaryl/α,β-unsaturated/α-hetero) is 1. The number of halogens is 1. The molecule has 1 N–H and O–H groups in total. The van der Waals surface area contributed by atoms with Crippen LogP contribution in [0.1, 0.15) is 68.9 Å². The molecule has 31 heavy (non-hydrogen) atoms. The van der Waals surface area contributed by atoms with Crippen LogP contribution in [0.3, 0.4) is 0 Å². The quantitative estimate of drug-likeness (QED) is 0.550. The van der Waals surface area contributed by atoms with Crippen LogP contribution in [-0.2, 0) is 11.2 Å². The number of hydrogen-bond donors (Lipinski definition) is 1. The summed E-state index contributed by atoms with van der Waals surface area (Å²) in [6.07, 6.45) is 6.42. The van der Waals surface area contributed by atoms with Crippen LogP contribution in [0.25, 0.3) is 10.6 Å². The van der Waals surface area contributed by atoms with Crippen molar-refractivity contribution in [2.75, 3.05) is 0 Å². The van der Waals surface area contributed by atoms with Gasteiger partial charge in [0.05, 0.1) is 16.8 Å². The van der Waals surface area contributed by atoms with Gasteiger partial charge in [0.1, 0.15) is 10.8 Å². The Bertz CT molecular complexity index is 1070. The molecule has 1 aromatic heterocycles. The van der Waals surface area contributed by atoms with Gasteiger partial charge in [0.2, 0.25) is 0 Å². The minimum atomic E-state index is -0.358. The van der Waals surface area contributed by atoms with E-state index in [4.69, 9.17) is 16.6 Å². The average molecular weight is 456 g/mol. The number of aromatic nitrogens is 1. The Balaban J connectivity index is 1.39. The second-order valence-corrected chi connectivity index (χ2v) is 12.3. The van der Waals surface area contributed by atoms with E-state index in [1.54, 1.807) is 11.3 Å². The first-order valence-electron chi connectivity index (χ1n) is 11.8. The number of nitrogens with zero attached hydrogens (tertiary/aromatic N) is 1. The summed E-state index contributed by atoms with van der Waals surface area (Å²) in [5.41, 5.74) is 2.08. The van der Waals surface area contributed by atoms with E-state index < -0.39 is 0 Å². The first-order chi connectivity index (χ1) is 14.8. The van der Waals surface area contributed by atoms with E-state index in [-0.39, 0.29) is 22.9 Å². The third-order valence-corrected chi connectivity index (χ3v) is 11.2. The van der Waals surface area contributed by atoms with Gasteiger partial charge in [-0.05, 0) is 67.8 Å². The molecule has 0 amide bonds. The Morgan fingerprint density at radius 3 is 2.74 bits per heavy atom. The summed E-state index contributed by atoms with van der Waals surface area (Å²) < 4.78 is 0. The summed E-state index contributed by atoms with van der Waals surface area (Å²) in [5.74, 6) is 2.12. The number of hydrogen-bond acceptors (Lipinski definition) is 4. The molecule has 2 aromatic rings. The van der Waals surface area contributed by atoms with E-state index >= 15 is 0 Å². The summed E-state index contributed by atoms with van der Waals surface area (Å²) in [6, 6.07) is 7.92. The van der Waals surface area contributed by atoms with E-state index in [0.29, 0.717) is 23.5 Å². The third kappa shape index (κ3) is 2.74. The van der Waals surface area contributed by atoms with E-state index in [9.17, 15) is 9.90 Å². The zero-order valence-corrected chi connectivity index (χ0v) is 19.8. The molecule has 0 aliphatic heterocycles. The van der Waals surface area contributed by atoms with Crippen molar-refractivity contribution in [1.29, 1.82) is 0 Å². The van der Waals surface area contributed by atoms with Crippen molar-refractivity contribution >= 4 is 28.7 Å². The highest BCUT2D eigenvalue weighted by atomic mass is 35.5. The molecule has 0 saturated heterocycles. The molecule has 0 spiro atoms. The average Bonchev–Trinajstić information content (AvgIpc) is 3.29. The Morgan fingerprint density at radius 2 is 1.94 bits per heavy atom. The fraction of sp³-hybridized carbons (Fsp3) is 0.615. The van der Waals surface area contributed by atoms with Crippen LogP contribution in [0.15, 0.2) is 24.3 Å². The molecule has 3 nitrogen and oxygen atoms in total. The normalized spacial score (nSPS) is 41.3. The van der Waals surface area contributed by atoms with Gasteiger partial charge < -0.3 is 5.11 Å². The van der Waals surface area contributed by atoms with E-state index in [1.165, 1.54) is 4.88 Å². The van der Waals surface area contributed by atoms with E-state index in [1.807, 2.05) is 24.3 Å². The lowest BCUT2D eigenvalue weighted by Crippen LogP contribution is -2.56. The summed E-state index contributed by atoms with van der Waals surface area (Å²) in [5, 5.41) is 13.2. The maximum Gasteiger partial charge on any atom is 0.139 e.